The second-order valence-corrected chi connectivity index (χ2v) is 11.7. The van der Waals surface area contributed by atoms with E-state index in [1.54, 1.807) is 0 Å². The van der Waals surface area contributed by atoms with Crippen molar-refractivity contribution in [1.29, 1.82) is 0 Å². The van der Waals surface area contributed by atoms with Crippen molar-refractivity contribution in [2.75, 3.05) is 33.0 Å². The second-order valence-electron chi connectivity index (χ2n) is 7.54. The fraction of sp³-hybridized carbons (Fsp3) is 1.00. The van der Waals surface area contributed by atoms with Gasteiger partial charge in [0.15, 0.2) is 11.1 Å². The van der Waals surface area contributed by atoms with E-state index < -0.39 is 16.7 Å². The third kappa shape index (κ3) is 10.2. The zero-order chi connectivity index (χ0) is 22.6. The molecule has 8 heteroatoms. The molecule has 0 amide bonds. The SMILES string of the molecule is CCCNOC(C)(C(C)PC(C)(OCC)OCC)C(C)PC(C)(OCC)OCC. The normalized spacial score (nSPS) is 18.0. The first-order valence-corrected chi connectivity index (χ1v) is 13.2. The highest BCUT2D eigenvalue weighted by atomic mass is 31.1. The summed E-state index contributed by atoms with van der Waals surface area (Å²) in [5.41, 5.74) is 1.93. The number of rotatable bonds is 18. The van der Waals surface area contributed by atoms with Crippen LogP contribution >= 0.6 is 17.2 Å². The maximum atomic E-state index is 6.34. The summed E-state index contributed by atoms with van der Waals surface area (Å²) in [5.74, 6) is 0. The van der Waals surface area contributed by atoms with E-state index in [0.29, 0.717) is 43.6 Å². The number of hydroxylamine groups is 1. The molecule has 4 atom stereocenters. The van der Waals surface area contributed by atoms with E-state index in [1.807, 2.05) is 41.5 Å². The number of ether oxygens (including phenoxy) is 4. The van der Waals surface area contributed by atoms with Crippen LogP contribution in [0.3, 0.4) is 0 Å². The molecule has 0 radical (unpaired) electrons. The van der Waals surface area contributed by atoms with Gasteiger partial charge in [0, 0.05) is 44.3 Å². The molecule has 176 valence electrons. The topological polar surface area (TPSA) is 58.2 Å². The quantitative estimate of drug-likeness (QED) is 0.131. The van der Waals surface area contributed by atoms with Gasteiger partial charge >= 0.3 is 0 Å². The van der Waals surface area contributed by atoms with E-state index in [1.165, 1.54) is 0 Å². The average Bonchev–Trinajstić information content (AvgIpc) is 2.62. The molecule has 0 rings (SSSR count). The Bertz CT molecular complexity index is 386. The van der Waals surface area contributed by atoms with E-state index in [4.69, 9.17) is 23.8 Å². The van der Waals surface area contributed by atoms with Gasteiger partial charge < -0.3 is 18.9 Å². The first kappa shape index (κ1) is 29.6. The largest absolute Gasteiger partial charge is 0.347 e. The fourth-order valence-corrected chi connectivity index (χ4v) is 7.13. The van der Waals surface area contributed by atoms with Crippen LogP contribution in [0, 0.1) is 0 Å². The molecule has 0 aliphatic heterocycles. The highest BCUT2D eigenvalue weighted by Crippen LogP contribution is 2.50. The summed E-state index contributed by atoms with van der Waals surface area (Å²) < 4.78 is 23.9. The Morgan fingerprint density at radius 2 is 1.03 bits per heavy atom. The summed E-state index contributed by atoms with van der Waals surface area (Å²) in [7, 11) is 0.843. The molecule has 0 saturated carbocycles. The van der Waals surface area contributed by atoms with Crippen molar-refractivity contribution in [3.05, 3.63) is 0 Å². The Morgan fingerprint density at radius 3 is 1.31 bits per heavy atom. The molecule has 0 heterocycles. The Labute approximate surface area is 183 Å². The van der Waals surface area contributed by atoms with Crippen molar-refractivity contribution in [2.24, 2.45) is 0 Å². The Balaban J connectivity index is 5.60. The standard InChI is InChI=1S/C21H47NO5P2/c1-11-16-22-27-19(8,17(6)28-20(9,23-12-2)24-13-3)18(7)29-21(10,25-14-4)26-15-5/h17-18,22,28-29H,11-16H2,1-10H3. The molecule has 4 unspecified atom stereocenters. The van der Waals surface area contributed by atoms with E-state index >= 15 is 0 Å². The van der Waals surface area contributed by atoms with Crippen molar-refractivity contribution in [3.8, 4) is 0 Å². The minimum absolute atomic E-state index is 0.199. The maximum absolute atomic E-state index is 6.34. The van der Waals surface area contributed by atoms with Crippen LogP contribution in [-0.2, 0) is 23.8 Å². The lowest BCUT2D eigenvalue weighted by Crippen LogP contribution is -2.52. The van der Waals surface area contributed by atoms with E-state index in [0.717, 1.165) is 13.0 Å². The summed E-state index contributed by atoms with van der Waals surface area (Å²) in [5, 5.41) is 0. The molecule has 0 aliphatic carbocycles. The lowest BCUT2D eigenvalue weighted by Gasteiger charge is -2.45. The van der Waals surface area contributed by atoms with Crippen LogP contribution in [0.25, 0.3) is 0 Å². The minimum atomic E-state index is -0.607. The van der Waals surface area contributed by atoms with Crippen LogP contribution in [0.15, 0.2) is 0 Å². The first-order valence-electron chi connectivity index (χ1n) is 11.1. The molecule has 1 N–H and O–H groups in total. The predicted octanol–water partition coefficient (Wildman–Crippen LogP) is 5.30. The average molecular weight is 456 g/mol. The molecule has 0 aromatic rings. The smallest absolute Gasteiger partial charge is 0.181 e. The van der Waals surface area contributed by atoms with E-state index in [-0.39, 0.29) is 11.3 Å². The Hall–Kier alpha value is 0.620. The zero-order valence-corrected chi connectivity index (χ0v) is 22.4. The molecule has 0 aromatic carbocycles. The van der Waals surface area contributed by atoms with Crippen LogP contribution in [0.2, 0.25) is 0 Å². The number of nitrogens with one attached hydrogen (secondary N) is 1. The van der Waals surface area contributed by atoms with Gasteiger partial charge in [-0.2, -0.15) is 0 Å². The maximum Gasteiger partial charge on any atom is 0.181 e. The molecule has 0 fully saturated rings. The van der Waals surface area contributed by atoms with E-state index in [9.17, 15) is 0 Å². The Kier molecular flexibility index (Phi) is 15.0. The molecule has 0 saturated heterocycles. The third-order valence-electron chi connectivity index (χ3n) is 5.00. The van der Waals surface area contributed by atoms with Crippen molar-refractivity contribution >= 4 is 17.2 Å². The second kappa shape index (κ2) is 14.6. The van der Waals surface area contributed by atoms with Crippen LogP contribution in [0.1, 0.15) is 75.7 Å². The molecule has 29 heavy (non-hydrogen) atoms. The summed E-state index contributed by atoms with van der Waals surface area (Å²) in [4.78, 5) is 6.34. The van der Waals surface area contributed by atoms with Gasteiger partial charge in [-0.1, -0.05) is 37.9 Å². The summed E-state index contributed by atoms with van der Waals surface area (Å²) >= 11 is 0. The van der Waals surface area contributed by atoms with Crippen molar-refractivity contribution in [3.63, 3.8) is 0 Å². The predicted molar refractivity (Wildman–Crippen MR) is 127 cm³/mol. The molecular weight excluding hydrogens is 408 g/mol. The monoisotopic (exact) mass is 455 g/mol. The zero-order valence-electron chi connectivity index (χ0n) is 20.4. The molecule has 0 bridgehead atoms. The Morgan fingerprint density at radius 1 is 0.690 bits per heavy atom. The first-order chi connectivity index (χ1) is 13.6. The highest BCUT2D eigenvalue weighted by molar-refractivity contribution is 7.41. The molecule has 0 spiro atoms. The van der Waals surface area contributed by atoms with Crippen molar-refractivity contribution in [1.82, 2.24) is 5.48 Å². The van der Waals surface area contributed by atoms with Gasteiger partial charge in [0.05, 0.1) is 5.60 Å². The van der Waals surface area contributed by atoms with Crippen LogP contribution in [0.5, 0.6) is 0 Å². The minimum Gasteiger partial charge on any atom is -0.347 e. The van der Waals surface area contributed by atoms with Gasteiger partial charge in [-0.25, -0.2) is 5.48 Å². The van der Waals surface area contributed by atoms with Crippen LogP contribution in [-0.4, -0.2) is 60.9 Å². The molecule has 6 nitrogen and oxygen atoms in total. The van der Waals surface area contributed by atoms with Gasteiger partial charge in [0.2, 0.25) is 0 Å². The molecule has 0 aromatic heterocycles. The van der Waals surface area contributed by atoms with E-state index in [2.05, 4.69) is 33.2 Å². The summed E-state index contributed by atoms with van der Waals surface area (Å²) in [6.07, 6.45) is 1.01. The van der Waals surface area contributed by atoms with Crippen LogP contribution < -0.4 is 5.48 Å². The third-order valence-corrected chi connectivity index (χ3v) is 8.64. The van der Waals surface area contributed by atoms with Crippen LogP contribution in [0.4, 0.5) is 0 Å². The molecule has 0 aliphatic rings. The highest BCUT2D eigenvalue weighted by Gasteiger charge is 2.45. The van der Waals surface area contributed by atoms with Gasteiger partial charge in [-0.3, -0.25) is 4.84 Å². The van der Waals surface area contributed by atoms with Crippen molar-refractivity contribution < 1.29 is 23.8 Å². The van der Waals surface area contributed by atoms with Crippen molar-refractivity contribution in [2.45, 2.75) is 104 Å². The summed E-state index contributed by atoms with van der Waals surface area (Å²) in [6.45, 7) is 24.1. The number of hydrogen-bond donors (Lipinski definition) is 1. The lowest BCUT2D eigenvalue weighted by atomic mass is 9.99. The lowest BCUT2D eigenvalue weighted by molar-refractivity contribution is -0.160. The van der Waals surface area contributed by atoms with Gasteiger partial charge in [0.1, 0.15) is 0 Å². The fourth-order valence-electron chi connectivity index (χ4n) is 3.29. The van der Waals surface area contributed by atoms with Gasteiger partial charge in [0.25, 0.3) is 0 Å². The van der Waals surface area contributed by atoms with Gasteiger partial charge in [-0.15, -0.1) is 0 Å². The molecular formula is C21H47NO5P2. The number of hydrogen-bond acceptors (Lipinski definition) is 6. The van der Waals surface area contributed by atoms with Gasteiger partial charge in [-0.05, 0) is 54.9 Å². The summed E-state index contributed by atoms with van der Waals surface area (Å²) in [6, 6.07) is 0.